The van der Waals surface area contributed by atoms with E-state index in [2.05, 4.69) is 62.7 Å². The third-order valence-corrected chi connectivity index (χ3v) is 10.4. The summed E-state index contributed by atoms with van der Waals surface area (Å²) in [5, 5.41) is 11.4. The molecule has 240 valence electrons. The van der Waals surface area contributed by atoms with Crippen LogP contribution in [0.25, 0.3) is 28.0 Å². The minimum absolute atomic E-state index is 0.473. The fourth-order valence-electron chi connectivity index (χ4n) is 6.01. The molecule has 0 amide bonds. The van der Waals surface area contributed by atoms with Crippen LogP contribution in [0.4, 0.5) is 5.69 Å². The highest BCUT2D eigenvalue weighted by Gasteiger charge is 2.25. The number of benzene rings is 3. The first-order valence-electron chi connectivity index (χ1n) is 15.4. The average molecular weight is 679 g/mol. The van der Waals surface area contributed by atoms with E-state index in [0.29, 0.717) is 32.6 Å². The standard InChI is InChI=1S/C35H39Cl2N6O2S/c1-22-7-9-27(17-23(22)2)42-14-12-41(13-15-42)11-6-16-46-35-38-34(39-40-35)43-24(3)18-26-20-31(44-4)32(45-5)21-28(26)33(43)25-8-10-29(36)30(37)19-25/h7-10,17-21H,6,11-16H2,1-5H3,(H,38,39,40)/q+1. The molecule has 0 aliphatic carbocycles. The number of thioether (sulfide) groups is 1. The Kier molecular flexibility index (Phi) is 9.94. The highest BCUT2D eigenvalue weighted by Crippen LogP contribution is 2.38. The van der Waals surface area contributed by atoms with Gasteiger partial charge in [0.2, 0.25) is 0 Å². The van der Waals surface area contributed by atoms with E-state index in [1.807, 2.05) is 37.3 Å². The minimum atomic E-state index is 0.473. The summed E-state index contributed by atoms with van der Waals surface area (Å²) in [6.07, 6.45) is 1.07. The molecule has 0 radical (unpaired) electrons. The van der Waals surface area contributed by atoms with Crippen molar-refractivity contribution < 1.29 is 14.0 Å². The largest absolute Gasteiger partial charge is 0.493 e. The molecule has 0 saturated carbocycles. The highest BCUT2D eigenvalue weighted by atomic mass is 35.5. The molecule has 11 heteroatoms. The number of H-pyrrole nitrogens is 1. The number of pyridine rings is 1. The van der Waals surface area contributed by atoms with Gasteiger partial charge in [-0.15, -0.1) is 5.10 Å². The Hall–Kier alpha value is -3.50. The van der Waals surface area contributed by atoms with E-state index in [1.54, 1.807) is 26.0 Å². The molecule has 0 atom stereocenters. The molecule has 3 aromatic carbocycles. The highest BCUT2D eigenvalue weighted by molar-refractivity contribution is 7.99. The number of nitrogens with zero attached hydrogens (tertiary/aromatic N) is 5. The number of anilines is 1. The van der Waals surface area contributed by atoms with E-state index >= 15 is 0 Å². The van der Waals surface area contributed by atoms with E-state index in [4.69, 9.17) is 37.7 Å². The van der Waals surface area contributed by atoms with Crippen LogP contribution >= 0.6 is 35.0 Å². The summed E-state index contributed by atoms with van der Waals surface area (Å²) in [4.78, 5) is 9.97. The van der Waals surface area contributed by atoms with Gasteiger partial charge in [0.1, 0.15) is 5.69 Å². The van der Waals surface area contributed by atoms with Crippen molar-refractivity contribution in [2.24, 2.45) is 0 Å². The predicted molar refractivity (Wildman–Crippen MR) is 189 cm³/mol. The molecule has 3 heterocycles. The topological polar surface area (TPSA) is 70.4 Å². The Labute approximate surface area is 284 Å². The molecule has 6 rings (SSSR count). The molecule has 1 aliphatic heterocycles. The number of aryl methyl sites for hydroxylation is 3. The summed E-state index contributed by atoms with van der Waals surface area (Å²) in [7, 11) is 3.28. The third kappa shape index (κ3) is 6.79. The number of halogens is 2. The lowest BCUT2D eigenvalue weighted by atomic mass is 10.0. The van der Waals surface area contributed by atoms with Crippen molar-refractivity contribution in [3.63, 3.8) is 0 Å². The van der Waals surface area contributed by atoms with Crippen LogP contribution in [0.15, 0.2) is 59.8 Å². The van der Waals surface area contributed by atoms with Crippen LogP contribution in [-0.4, -0.2) is 72.8 Å². The number of hydrogen-bond acceptors (Lipinski definition) is 7. The van der Waals surface area contributed by atoms with Crippen molar-refractivity contribution in [1.29, 1.82) is 0 Å². The summed E-state index contributed by atoms with van der Waals surface area (Å²) in [6, 6.07) is 18.5. The van der Waals surface area contributed by atoms with Gasteiger partial charge in [0.15, 0.2) is 11.5 Å². The van der Waals surface area contributed by atoms with Crippen LogP contribution in [0.3, 0.4) is 0 Å². The van der Waals surface area contributed by atoms with Crippen molar-refractivity contribution in [3.05, 3.63) is 81.5 Å². The summed E-state index contributed by atoms with van der Waals surface area (Å²) in [5.41, 5.74) is 6.78. The van der Waals surface area contributed by atoms with Gasteiger partial charge in [0.05, 0.1) is 30.0 Å². The SMILES string of the molecule is COc1cc2cc(C)[n+](-c3nc(SCCCN4CCN(c5ccc(C)c(C)c5)CC4)n[nH]3)c(-c3ccc(Cl)c(Cl)c3)c2cc1OC. The van der Waals surface area contributed by atoms with Crippen molar-refractivity contribution in [1.82, 2.24) is 20.1 Å². The Bertz CT molecular complexity index is 1870. The van der Waals surface area contributed by atoms with Gasteiger partial charge in [-0.2, -0.15) is 4.57 Å². The zero-order chi connectivity index (χ0) is 32.4. The number of methoxy groups -OCH3 is 2. The van der Waals surface area contributed by atoms with Crippen LogP contribution < -0.4 is 18.9 Å². The van der Waals surface area contributed by atoms with Crippen LogP contribution in [-0.2, 0) is 0 Å². The first-order chi connectivity index (χ1) is 22.2. The lowest BCUT2D eigenvalue weighted by Crippen LogP contribution is -2.46. The fourth-order valence-corrected chi connectivity index (χ4v) is 7.03. The maximum absolute atomic E-state index is 6.51. The summed E-state index contributed by atoms with van der Waals surface area (Å²) in [6.45, 7) is 11.7. The van der Waals surface area contributed by atoms with Crippen LogP contribution in [0.5, 0.6) is 11.5 Å². The Balaban J connectivity index is 1.17. The van der Waals surface area contributed by atoms with Crippen molar-refractivity contribution in [2.75, 3.05) is 57.6 Å². The molecule has 2 aromatic heterocycles. The van der Waals surface area contributed by atoms with Crippen LogP contribution in [0.2, 0.25) is 10.0 Å². The number of fused-ring (bicyclic) bond motifs is 1. The molecule has 0 spiro atoms. The summed E-state index contributed by atoms with van der Waals surface area (Å²) < 4.78 is 13.3. The Morgan fingerprint density at radius 2 is 1.63 bits per heavy atom. The zero-order valence-corrected chi connectivity index (χ0v) is 29.2. The Morgan fingerprint density at radius 1 is 0.870 bits per heavy atom. The van der Waals surface area contributed by atoms with Crippen molar-refractivity contribution in [2.45, 2.75) is 32.3 Å². The minimum Gasteiger partial charge on any atom is -0.493 e. The quantitative estimate of drug-likeness (QED) is 0.0935. The second-order valence-corrected chi connectivity index (χ2v) is 13.5. The lowest BCUT2D eigenvalue weighted by molar-refractivity contribution is -0.597. The number of aromatic nitrogens is 4. The van der Waals surface area contributed by atoms with E-state index in [-0.39, 0.29) is 0 Å². The van der Waals surface area contributed by atoms with Crippen molar-refractivity contribution >= 4 is 51.4 Å². The number of rotatable bonds is 10. The van der Waals surface area contributed by atoms with Gasteiger partial charge in [-0.05, 0) is 104 Å². The van der Waals surface area contributed by atoms with E-state index in [9.17, 15) is 0 Å². The monoisotopic (exact) mass is 677 g/mol. The Morgan fingerprint density at radius 3 is 2.35 bits per heavy atom. The van der Waals surface area contributed by atoms with Gasteiger partial charge >= 0.3 is 5.95 Å². The molecule has 0 bridgehead atoms. The number of ether oxygens (including phenoxy) is 2. The van der Waals surface area contributed by atoms with Gasteiger partial charge in [-0.25, -0.2) is 0 Å². The molecule has 1 saturated heterocycles. The van der Waals surface area contributed by atoms with Gasteiger partial charge < -0.3 is 14.4 Å². The molecular formula is C35H39Cl2N6O2S+. The van der Waals surface area contributed by atoms with Crippen LogP contribution in [0.1, 0.15) is 23.2 Å². The van der Waals surface area contributed by atoms with E-state index < -0.39 is 0 Å². The molecule has 1 fully saturated rings. The molecular weight excluding hydrogens is 639 g/mol. The zero-order valence-electron chi connectivity index (χ0n) is 26.9. The lowest BCUT2D eigenvalue weighted by Gasteiger charge is -2.36. The number of piperazine rings is 1. The third-order valence-electron chi connectivity index (χ3n) is 8.69. The first-order valence-corrected chi connectivity index (χ1v) is 17.2. The van der Waals surface area contributed by atoms with E-state index in [1.165, 1.54) is 16.8 Å². The molecule has 0 unspecified atom stereocenters. The van der Waals surface area contributed by atoms with Gasteiger partial charge in [-0.3, -0.25) is 4.90 Å². The molecule has 1 aliphatic rings. The molecule has 1 N–H and O–H groups in total. The van der Waals surface area contributed by atoms with E-state index in [0.717, 1.165) is 72.6 Å². The fraction of sp³-hybridized carbons (Fsp3) is 0.343. The average Bonchev–Trinajstić information content (AvgIpc) is 3.53. The van der Waals surface area contributed by atoms with Crippen molar-refractivity contribution in [3.8, 4) is 28.7 Å². The number of nitrogens with one attached hydrogen (secondary N) is 1. The predicted octanol–water partition coefficient (Wildman–Crippen LogP) is 7.46. The normalized spacial score (nSPS) is 13.8. The second-order valence-electron chi connectivity index (χ2n) is 11.6. The van der Waals surface area contributed by atoms with Gasteiger partial charge in [0.25, 0.3) is 5.16 Å². The van der Waals surface area contributed by atoms with Gasteiger partial charge in [0, 0.05) is 48.6 Å². The summed E-state index contributed by atoms with van der Waals surface area (Å²) in [5.74, 6) is 2.85. The summed E-state index contributed by atoms with van der Waals surface area (Å²) >= 11 is 14.5. The second kappa shape index (κ2) is 14.1. The van der Waals surface area contributed by atoms with Gasteiger partial charge in [-0.1, -0.05) is 46.1 Å². The maximum atomic E-state index is 6.51. The number of hydrogen-bond donors (Lipinski definition) is 1. The number of aromatic amines is 1. The molecule has 46 heavy (non-hydrogen) atoms. The maximum Gasteiger partial charge on any atom is 0.423 e. The first kappa shape index (κ1) is 32.4. The molecule has 5 aromatic rings. The van der Waals surface area contributed by atoms with Crippen LogP contribution in [0, 0.1) is 20.8 Å². The smallest absolute Gasteiger partial charge is 0.423 e. The molecule has 8 nitrogen and oxygen atoms in total.